The normalized spacial score (nSPS) is 12.4. The number of anilines is 1. The molecule has 0 aliphatic carbocycles. The lowest BCUT2D eigenvalue weighted by atomic mass is 10.1. The molecule has 1 amide bonds. The third-order valence-corrected chi connectivity index (χ3v) is 7.04. The first kappa shape index (κ1) is 23.3. The zero-order valence-electron chi connectivity index (χ0n) is 17.7. The van der Waals surface area contributed by atoms with Crippen LogP contribution in [0.3, 0.4) is 0 Å². The Hall–Kier alpha value is -1.99. The second-order valence-corrected chi connectivity index (χ2v) is 10.3. The van der Waals surface area contributed by atoms with E-state index in [9.17, 15) is 13.2 Å². The van der Waals surface area contributed by atoms with E-state index in [4.69, 9.17) is 0 Å². The summed E-state index contributed by atoms with van der Waals surface area (Å²) in [5.41, 5.74) is 5.05. The molecular weight excluding hydrogens is 404 g/mol. The maximum Gasteiger partial charge on any atom is 0.243 e. The standard InChI is InChI=1S/C22H30N2O3S2/c1-16-6-9-20(10-7-16)15-28-13-12-23-22(25)19(4)24(29(5,26)27)21-11-8-17(2)18(3)14-21/h6-11,14,19H,12-13,15H2,1-5H3,(H,23,25)/t19-/m0/s1. The molecule has 0 fully saturated rings. The topological polar surface area (TPSA) is 66.5 Å². The highest BCUT2D eigenvalue weighted by molar-refractivity contribution is 7.98. The summed E-state index contributed by atoms with van der Waals surface area (Å²) in [6, 6.07) is 13.0. The molecule has 0 aliphatic heterocycles. The maximum absolute atomic E-state index is 12.6. The Balaban J connectivity index is 1.93. The fourth-order valence-corrected chi connectivity index (χ4v) is 4.93. The van der Waals surface area contributed by atoms with E-state index in [1.165, 1.54) is 15.4 Å². The second kappa shape index (κ2) is 10.2. The number of aryl methyl sites for hydroxylation is 3. The largest absolute Gasteiger partial charge is 0.353 e. The predicted octanol–water partition coefficient (Wildman–Crippen LogP) is 3.82. The van der Waals surface area contributed by atoms with Gasteiger partial charge in [-0.15, -0.1) is 0 Å². The molecule has 0 saturated carbocycles. The number of thioether (sulfide) groups is 1. The lowest BCUT2D eigenvalue weighted by Crippen LogP contribution is -2.48. The Kier molecular flexibility index (Phi) is 8.16. The average molecular weight is 435 g/mol. The van der Waals surface area contributed by atoms with Crippen molar-refractivity contribution in [3.63, 3.8) is 0 Å². The molecule has 7 heteroatoms. The van der Waals surface area contributed by atoms with Crippen LogP contribution in [-0.2, 0) is 20.6 Å². The molecule has 0 unspecified atom stereocenters. The number of carbonyl (C=O) groups excluding carboxylic acids is 1. The lowest BCUT2D eigenvalue weighted by molar-refractivity contribution is -0.121. The highest BCUT2D eigenvalue weighted by Gasteiger charge is 2.29. The van der Waals surface area contributed by atoms with Gasteiger partial charge in [-0.05, 0) is 56.5 Å². The summed E-state index contributed by atoms with van der Waals surface area (Å²) in [5.74, 6) is 1.34. The molecule has 29 heavy (non-hydrogen) atoms. The molecule has 1 N–H and O–H groups in total. The quantitative estimate of drug-likeness (QED) is 0.610. The number of benzene rings is 2. The molecule has 0 bridgehead atoms. The van der Waals surface area contributed by atoms with Gasteiger partial charge in [-0.3, -0.25) is 9.10 Å². The Morgan fingerprint density at radius 1 is 1.07 bits per heavy atom. The summed E-state index contributed by atoms with van der Waals surface area (Å²) >= 11 is 1.73. The molecule has 5 nitrogen and oxygen atoms in total. The summed E-state index contributed by atoms with van der Waals surface area (Å²) < 4.78 is 25.9. The molecule has 2 rings (SSSR count). The van der Waals surface area contributed by atoms with E-state index in [1.807, 2.05) is 19.9 Å². The van der Waals surface area contributed by atoms with Crippen LogP contribution in [0.4, 0.5) is 5.69 Å². The first-order valence-corrected chi connectivity index (χ1v) is 12.6. The van der Waals surface area contributed by atoms with Gasteiger partial charge < -0.3 is 5.32 Å². The first-order valence-electron chi connectivity index (χ1n) is 9.57. The van der Waals surface area contributed by atoms with Gasteiger partial charge in [0.25, 0.3) is 0 Å². The van der Waals surface area contributed by atoms with Crippen molar-refractivity contribution >= 4 is 33.4 Å². The number of nitrogens with one attached hydrogen (secondary N) is 1. The maximum atomic E-state index is 12.6. The third-order valence-electron chi connectivity index (χ3n) is 4.77. The number of hydrogen-bond donors (Lipinski definition) is 1. The van der Waals surface area contributed by atoms with Crippen LogP contribution in [0.2, 0.25) is 0 Å². The van der Waals surface area contributed by atoms with E-state index in [-0.39, 0.29) is 5.91 Å². The Morgan fingerprint density at radius 3 is 2.31 bits per heavy atom. The van der Waals surface area contributed by atoms with Gasteiger partial charge >= 0.3 is 0 Å². The van der Waals surface area contributed by atoms with Crippen LogP contribution in [-0.4, -0.2) is 38.9 Å². The second-order valence-electron chi connectivity index (χ2n) is 7.33. The van der Waals surface area contributed by atoms with Gasteiger partial charge in [-0.1, -0.05) is 35.9 Å². The Morgan fingerprint density at radius 2 is 1.72 bits per heavy atom. The van der Waals surface area contributed by atoms with Gasteiger partial charge in [0, 0.05) is 18.1 Å². The minimum atomic E-state index is -3.60. The summed E-state index contributed by atoms with van der Waals surface area (Å²) in [5, 5.41) is 2.86. The van der Waals surface area contributed by atoms with Crippen LogP contribution < -0.4 is 9.62 Å². The van der Waals surface area contributed by atoms with Crippen molar-refractivity contribution in [2.24, 2.45) is 0 Å². The zero-order chi connectivity index (χ0) is 21.6. The van der Waals surface area contributed by atoms with Crippen LogP contribution in [0.25, 0.3) is 0 Å². The smallest absolute Gasteiger partial charge is 0.243 e. The van der Waals surface area contributed by atoms with Gasteiger partial charge in [0.05, 0.1) is 11.9 Å². The van der Waals surface area contributed by atoms with Crippen LogP contribution in [0, 0.1) is 20.8 Å². The Bertz CT molecular complexity index is 941. The van der Waals surface area contributed by atoms with E-state index in [0.717, 1.165) is 28.9 Å². The summed E-state index contributed by atoms with van der Waals surface area (Å²) in [4.78, 5) is 12.6. The van der Waals surface area contributed by atoms with Crippen LogP contribution in [0.1, 0.15) is 29.2 Å². The predicted molar refractivity (Wildman–Crippen MR) is 123 cm³/mol. The van der Waals surface area contributed by atoms with Crippen molar-refractivity contribution in [2.45, 2.75) is 39.5 Å². The number of rotatable bonds is 9. The van der Waals surface area contributed by atoms with Gasteiger partial charge in [0.2, 0.25) is 15.9 Å². The van der Waals surface area contributed by atoms with Crippen LogP contribution in [0.5, 0.6) is 0 Å². The number of carbonyl (C=O) groups is 1. The molecular formula is C22H30N2O3S2. The molecule has 0 saturated heterocycles. The minimum absolute atomic E-state index is 0.301. The molecule has 1 atom stereocenters. The van der Waals surface area contributed by atoms with Crippen molar-refractivity contribution in [1.82, 2.24) is 5.32 Å². The number of nitrogens with zero attached hydrogens (tertiary/aromatic N) is 1. The number of sulfonamides is 1. The number of hydrogen-bond acceptors (Lipinski definition) is 4. The van der Waals surface area contributed by atoms with Gasteiger partial charge in [-0.2, -0.15) is 11.8 Å². The summed E-state index contributed by atoms with van der Waals surface area (Å²) in [7, 11) is -3.60. The summed E-state index contributed by atoms with van der Waals surface area (Å²) in [6.45, 7) is 8.06. The van der Waals surface area contributed by atoms with Gasteiger partial charge in [0.15, 0.2) is 0 Å². The average Bonchev–Trinajstić information content (AvgIpc) is 2.64. The van der Waals surface area contributed by atoms with E-state index in [1.54, 1.807) is 30.8 Å². The third kappa shape index (κ3) is 6.78. The molecule has 0 heterocycles. The van der Waals surface area contributed by atoms with Crippen LogP contribution in [0.15, 0.2) is 42.5 Å². The van der Waals surface area contributed by atoms with E-state index in [0.29, 0.717) is 12.2 Å². The van der Waals surface area contributed by atoms with Gasteiger partial charge in [-0.25, -0.2) is 8.42 Å². The highest BCUT2D eigenvalue weighted by Crippen LogP contribution is 2.23. The SMILES string of the molecule is Cc1ccc(CSCCNC(=O)[C@H](C)N(c2ccc(C)c(C)c2)S(C)(=O)=O)cc1. The first-order chi connectivity index (χ1) is 13.6. The molecule has 0 spiro atoms. The molecule has 2 aromatic rings. The molecule has 2 aromatic carbocycles. The molecule has 0 aromatic heterocycles. The zero-order valence-corrected chi connectivity index (χ0v) is 19.4. The van der Waals surface area contributed by atoms with Gasteiger partial charge in [0.1, 0.15) is 6.04 Å². The van der Waals surface area contributed by atoms with Crippen molar-refractivity contribution in [3.05, 3.63) is 64.7 Å². The van der Waals surface area contributed by atoms with Crippen LogP contribution >= 0.6 is 11.8 Å². The fourth-order valence-electron chi connectivity index (χ4n) is 2.94. The van der Waals surface area contributed by atoms with Crippen molar-refractivity contribution in [1.29, 1.82) is 0 Å². The number of amides is 1. The molecule has 0 radical (unpaired) electrons. The van der Waals surface area contributed by atoms with E-state index < -0.39 is 16.1 Å². The minimum Gasteiger partial charge on any atom is -0.353 e. The fraction of sp³-hybridized carbons (Fsp3) is 0.409. The van der Waals surface area contributed by atoms with E-state index in [2.05, 4.69) is 36.5 Å². The highest BCUT2D eigenvalue weighted by atomic mass is 32.2. The monoisotopic (exact) mass is 434 g/mol. The lowest BCUT2D eigenvalue weighted by Gasteiger charge is -2.28. The van der Waals surface area contributed by atoms with E-state index >= 15 is 0 Å². The van der Waals surface area contributed by atoms with Crippen molar-refractivity contribution in [2.75, 3.05) is 22.9 Å². The molecule has 0 aliphatic rings. The van der Waals surface area contributed by atoms with Crippen molar-refractivity contribution < 1.29 is 13.2 Å². The molecule has 158 valence electrons. The summed E-state index contributed by atoms with van der Waals surface area (Å²) in [6.07, 6.45) is 1.13. The van der Waals surface area contributed by atoms with Crippen molar-refractivity contribution in [3.8, 4) is 0 Å². The Labute approximate surface area is 178 Å².